The molecule has 3 heterocycles. The molecule has 0 aliphatic carbocycles. The molecule has 0 amide bonds. The first-order valence-corrected chi connectivity index (χ1v) is 5.57. The summed E-state index contributed by atoms with van der Waals surface area (Å²) in [5, 5.41) is 6.88. The Bertz CT molecular complexity index is 238. The third-order valence-corrected chi connectivity index (χ3v) is 3.76. The van der Waals surface area contributed by atoms with Gasteiger partial charge in [-0.2, -0.15) is 0 Å². The molecule has 3 saturated heterocycles. The third-order valence-electron chi connectivity index (χ3n) is 3.76. The van der Waals surface area contributed by atoms with Gasteiger partial charge in [0.15, 0.2) is 0 Å². The maximum Gasteiger partial charge on any atom is 0.134 e. The molecule has 0 aromatic carbocycles. The van der Waals surface area contributed by atoms with Gasteiger partial charge in [0.05, 0.1) is 5.60 Å². The third kappa shape index (κ3) is 1.29. The summed E-state index contributed by atoms with van der Waals surface area (Å²) in [5.74, 6) is 0. The van der Waals surface area contributed by atoms with E-state index in [1.165, 1.54) is 0 Å². The molecule has 3 rings (SSSR count). The van der Waals surface area contributed by atoms with Gasteiger partial charge in [0.1, 0.15) is 5.72 Å². The Balaban J connectivity index is 1.74. The van der Waals surface area contributed by atoms with Crippen LogP contribution in [0.1, 0.15) is 12.8 Å². The second-order valence-corrected chi connectivity index (χ2v) is 5.05. The highest BCUT2D eigenvalue weighted by Crippen LogP contribution is 2.34. The molecule has 14 heavy (non-hydrogen) atoms. The first-order chi connectivity index (χ1) is 6.72. The average molecular weight is 197 g/mol. The largest absolute Gasteiger partial charge is 0.350 e. The molecule has 0 saturated carbocycles. The first kappa shape index (κ1) is 9.09. The van der Waals surface area contributed by atoms with Crippen molar-refractivity contribution in [2.45, 2.75) is 24.2 Å². The Hall–Kier alpha value is -0.160. The standard InChI is InChI=1S/C10H19N3O/c1-13-5-3-10(8-13)12-4-2-9(14-10)6-11-7-9/h11-12H,2-8H2,1H3. The molecule has 4 heteroatoms. The van der Waals surface area contributed by atoms with Crippen LogP contribution in [0.4, 0.5) is 0 Å². The molecular weight excluding hydrogens is 178 g/mol. The van der Waals surface area contributed by atoms with Crippen LogP contribution in [0, 0.1) is 0 Å². The van der Waals surface area contributed by atoms with Crippen LogP contribution in [0.25, 0.3) is 0 Å². The lowest BCUT2D eigenvalue weighted by atomic mass is 9.89. The molecule has 2 spiro atoms. The summed E-state index contributed by atoms with van der Waals surface area (Å²) in [6.45, 7) is 5.38. The van der Waals surface area contributed by atoms with Crippen LogP contribution in [-0.4, -0.2) is 56.0 Å². The highest BCUT2D eigenvalue weighted by atomic mass is 16.5. The first-order valence-electron chi connectivity index (χ1n) is 5.57. The molecule has 0 aromatic heterocycles. The predicted molar refractivity (Wildman–Crippen MR) is 54.2 cm³/mol. The Morgan fingerprint density at radius 2 is 2.14 bits per heavy atom. The topological polar surface area (TPSA) is 36.5 Å². The van der Waals surface area contributed by atoms with Crippen molar-refractivity contribution < 1.29 is 4.74 Å². The summed E-state index contributed by atoms with van der Waals surface area (Å²) in [4.78, 5) is 2.35. The number of hydrogen-bond acceptors (Lipinski definition) is 4. The van der Waals surface area contributed by atoms with Crippen LogP contribution in [0.15, 0.2) is 0 Å². The van der Waals surface area contributed by atoms with Crippen LogP contribution in [-0.2, 0) is 4.74 Å². The minimum absolute atomic E-state index is 0.0326. The van der Waals surface area contributed by atoms with Crippen molar-refractivity contribution in [2.75, 3.05) is 39.8 Å². The van der Waals surface area contributed by atoms with Crippen molar-refractivity contribution in [2.24, 2.45) is 0 Å². The minimum atomic E-state index is -0.0326. The summed E-state index contributed by atoms with van der Waals surface area (Å²) in [6.07, 6.45) is 2.29. The predicted octanol–water partition coefficient (Wildman–Crippen LogP) is -0.630. The maximum absolute atomic E-state index is 6.31. The van der Waals surface area contributed by atoms with E-state index in [1.54, 1.807) is 0 Å². The van der Waals surface area contributed by atoms with E-state index < -0.39 is 0 Å². The number of likely N-dealkylation sites (tertiary alicyclic amines) is 1. The lowest BCUT2D eigenvalue weighted by Gasteiger charge is -2.52. The summed E-state index contributed by atoms with van der Waals surface area (Å²) in [5.41, 5.74) is 0.130. The zero-order valence-corrected chi connectivity index (χ0v) is 8.81. The zero-order valence-electron chi connectivity index (χ0n) is 8.81. The SMILES string of the molecule is CN1CCC2(C1)NCCC1(CNC1)O2. The van der Waals surface area contributed by atoms with Crippen molar-refractivity contribution >= 4 is 0 Å². The molecule has 3 aliphatic heterocycles. The monoisotopic (exact) mass is 197 g/mol. The summed E-state index contributed by atoms with van der Waals surface area (Å²) >= 11 is 0. The highest BCUT2D eigenvalue weighted by Gasteiger charge is 2.50. The smallest absolute Gasteiger partial charge is 0.134 e. The second-order valence-electron chi connectivity index (χ2n) is 5.05. The summed E-state index contributed by atoms with van der Waals surface area (Å²) in [6, 6.07) is 0. The van der Waals surface area contributed by atoms with Crippen molar-refractivity contribution in [1.29, 1.82) is 0 Å². The van der Waals surface area contributed by atoms with Crippen LogP contribution in [0.2, 0.25) is 0 Å². The van der Waals surface area contributed by atoms with E-state index >= 15 is 0 Å². The number of rotatable bonds is 0. The summed E-state index contributed by atoms with van der Waals surface area (Å²) in [7, 11) is 2.17. The average Bonchev–Trinajstić information content (AvgIpc) is 2.45. The minimum Gasteiger partial charge on any atom is -0.350 e. The number of nitrogens with one attached hydrogen (secondary N) is 2. The van der Waals surface area contributed by atoms with Gasteiger partial charge in [0.25, 0.3) is 0 Å². The Labute approximate surface area is 85.0 Å². The van der Waals surface area contributed by atoms with Gasteiger partial charge in [-0.1, -0.05) is 0 Å². The van der Waals surface area contributed by atoms with Crippen LogP contribution in [0.3, 0.4) is 0 Å². The van der Waals surface area contributed by atoms with E-state index in [2.05, 4.69) is 22.6 Å². The molecule has 2 N–H and O–H groups in total. The molecule has 4 nitrogen and oxygen atoms in total. The van der Waals surface area contributed by atoms with E-state index in [0.29, 0.717) is 0 Å². The van der Waals surface area contributed by atoms with Gasteiger partial charge in [-0.05, 0) is 13.5 Å². The van der Waals surface area contributed by atoms with Crippen LogP contribution < -0.4 is 10.6 Å². The van der Waals surface area contributed by atoms with Gasteiger partial charge < -0.3 is 15.0 Å². The number of likely N-dealkylation sites (N-methyl/N-ethyl adjacent to an activating group) is 1. The van der Waals surface area contributed by atoms with Gasteiger partial charge in [0, 0.05) is 39.1 Å². The molecule has 1 atom stereocenters. The van der Waals surface area contributed by atoms with Gasteiger partial charge in [0.2, 0.25) is 0 Å². The highest BCUT2D eigenvalue weighted by molar-refractivity contribution is 5.03. The fourth-order valence-electron chi connectivity index (χ4n) is 2.87. The Morgan fingerprint density at radius 3 is 2.71 bits per heavy atom. The van der Waals surface area contributed by atoms with E-state index in [9.17, 15) is 0 Å². The van der Waals surface area contributed by atoms with Crippen molar-refractivity contribution in [3.63, 3.8) is 0 Å². The molecule has 0 aromatic rings. The molecule has 1 unspecified atom stereocenters. The molecule has 3 fully saturated rings. The Kier molecular flexibility index (Phi) is 1.89. The second kappa shape index (κ2) is 2.92. The van der Waals surface area contributed by atoms with Gasteiger partial charge in [-0.3, -0.25) is 5.32 Å². The van der Waals surface area contributed by atoms with E-state index in [4.69, 9.17) is 4.74 Å². The molecule has 3 aliphatic rings. The van der Waals surface area contributed by atoms with Gasteiger partial charge >= 0.3 is 0 Å². The van der Waals surface area contributed by atoms with Crippen molar-refractivity contribution in [3.8, 4) is 0 Å². The lowest BCUT2D eigenvalue weighted by molar-refractivity contribution is -0.212. The van der Waals surface area contributed by atoms with Crippen molar-refractivity contribution in [1.82, 2.24) is 15.5 Å². The van der Waals surface area contributed by atoms with Gasteiger partial charge in [-0.15, -0.1) is 0 Å². The fraction of sp³-hybridized carbons (Fsp3) is 1.00. The molecule has 0 bridgehead atoms. The van der Waals surface area contributed by atoms with Crippen molar-refractivity contribution in [3.05, 3.63) is 0 Å². The number of hydrogen-bond donors (Lipinski definition) is 2. The van der Waals surface area contributed by atoms with Gasteiger partial charge in [-0.25, -0.2) is 0 Å². The maximum atomic E-state index is 6.31. The Morgan fingerprint density at radius 1 is 1.29 bits per heavy atom. The molecule has 0 radical (unpaired) electrons. The van der Waals surface area contributed by atoms with E-state index in [-0.39, 0.29) is 11.3 Å². The number of ether oxygens (including phenoxy) is 1. The van der Waals surface area contributed by atoms with Crippen LogP contribution in [0.5, 0.6) is 0 Å². The molecular formula is C10H19N3O. The fourth-order valence-corrected chi connectivity index (χ4v) is 2.87. The molecule has 80 valence electrons. The number of nitrogens with zero attached hydrogens (tertiary/aromatic N) is 1. The lowest BCUT2D eigenvalue weighted by Crippen LogP contribution is -2.71. The summed E-state index contributed by atoms with van der Waals surface area (Å²) < 4.78 is 6.31. The van der Waals surface area contributed by atoms with E-state index in [1.807, 2.05) is 0 Å². The zero-order chi connectivity index (χ0) is 9.65. The quantitative estimate of drug-likeness (QED) is 0.542. The normalized spacial score (nSPS) is 41.8. The van der Waals surface area contributed by atoms with Crippen LogP contribution >= 0.6 is 0 Å². The van der Waals surface area contributed by atoms with E-state index in [0.717, 1.165) is 45.6 Å².